The first kappa shape index (κ1) is 15.8. The van der Waals surface area contributed by atoms with E-state index >= 15 is 0 Å². The van der Waals surface area contributed by atoms with Gasteiger partial charge in [-0.1, -0.05) is 17.7 Å². The molecule has 0 bridgehead atoms. The molecule has 1 unspecified atom stereocenters. The Morgan fingerprint density at radius 2 is 2.00 bits per heavy atom. The Bertz CT molecular complexity index is 404. The second-order valence-corrected chi connectivity index (χ2v) is 4.62. The Labute approximate surface area is 112 Å². The Hall–Kier alpha value is -1.23. The average molecular weight is 275 g/mol. The Morgan fingerprint density at radius 1 is 1.32 bits per heavy atom. The molecule has 0 amide bonds. The van der Waals surface area contributed by atoms with Gasteiger partial charge >= 0.3 is 6.18 Å². The van der Waals surface area contributed by atoms with Crippen LogP contribution in [0, 0.1) is 6.92 Å². The molecule has 0 spiro atoms. The van der Waals surface area contributed by atoms with Gasteiger partial charge in [0.15, 0.2) is 0 Å². The first-order valence-corrected chi connectivity index (χ1v) is 6.31. The number of alkyl halides is 3. The Morgan fingerprint density at radius 3 is 2.58 bits per heavy atom. The molecule has 0 fully saturated rings. The number of benzene rings is 1. The van der Waals surface area contributed by atoms with Gasteiger partial charge in [0, 0.05) is 18.0 Å². The fourth-order valence-corrected chi connectivity index (χ4v) is 1.75. The predicted octanol–water partition coefficient (Wildman–Crippen LogP) is 4.00. The summed E-state index contributed by atoms with van der Waals surface area (Å²) in [7, 11) is 1.83. The van der Waals surface area contributed by atoms with Crippen LogP contribution in [-0.4, -0.2) is 19.8 Å². The quantitative estimate of drug-likeness (QED) is 0.792. The van der Waals surface area contributed by atoms with Gasteiger partial charge in [0.25, 0.3) is 0 Å². The van der Waals surface area contributed by atoms with Gasteiger partial charge in [-0.05, 0) is 33.4 Å². The van der Waals surface area contributed by atoms with Crippen LogP contribution in [0.3, 0.4) is 0 Å². The molecule has 1 aromatic carbocycles. The highest BCUT2D eigenvalue weighted by molar-refractivity contribution is 5.38. The summed E-state index contributed by atoms with van der Waals surface area (Å²) >= 11 is 0. The van der Waals surface area contributed by atoms with Gasteiger partial charge in [-0.3, -0.25) is 0 Å². The van der Waals surface area contributed by atoms with Crippen LogP contribution in [0.25, 0.3) is 0 Å². The third kappa shape index (κ3) is 5.51. The van der Waals surface area contributed by atoms with Crippen LogP contribution < -0.4 is 10.1 Å². The predicted molar refractivity (Wildman–Crippen MR) is 69.4 cm³/mol. The number of ether oxygens (including phenoxy) is 1. The zero-order valence-corrected chi connectivity index (χ0v) is 11.5. The topological polar surface area (TPSA) is 21.3 Å². The van der Waals surface area contributed by atoms with Crippen molar-refractivity contribution in [3.63, 3.8) is 0 Å². The molecule has 1 rings (SSSR count). The van der Waals surface area contributed by atoms with Crippen LogP contribution in [0.15, 0.2) is 18.2 Å². The van der Waals surface area contributed by atoms with E-state index in [2.05, 4.69) is 5.32 Å². The molecule has 19 heavy (non-hydrogen) atoms. The Kier molecular flexibility index (Phi) is 5.66. The van der Waals surface area contributed by atoms with E-state index in [1.807, 2.05) is 39.1 Å². The summed E-state index contributed by atoms with van der Waals surface area (Å²) in [6, 6.07) is 5.79. The van der Waals surface area contributed by atoms with E-state index in [-0.39, 0.29) is 19.1 Å². The molecule has 0 saturated carbocycles. The van der Waals surface area contributed by atoms with E-state index in [0.717, 1.165) is 11.1 Å². The number of aryl methyl sites for hydroxylation is 1. The minimum atomic E-state index is -4.11. The molecule has 0 aliphatic rings. The fraction of sp³-hybridized carbons (Fsp3) is 0.571. The van der Waals surface area contributed by atoms with Crippen molar-refractivity contribution in [1.82, 2.24) is 5.32 Å². The van der Waals surface area contributed by atoms with Gasteiger partial charge in [-0.2, -0.15) is 13.2 Å². The first-order chi connectivity index (χ1) is 8.83. The van der Waals surface area contributed by atoms with Gasteiger partial charge in [-0.15, -0.1) is 0 Å². The summed E-state index contributed by atoms with van der Waals surface area (Å²) in [6.45, 7) is 4.03. The van der Waals surface area contributed by atoms with E-state index in [1.54, 1.807) is 0 Å². The van der Waals surface area contributed by atoms with Gasteiger partial charge < -0.3 is 10.1 Å². The van der Waals surface area contributed by atoms with Crippen molar-refractivity contribution in [2.75, 3.05) is 13.7 Å². The van der Waals surface area contributed by atoms with Gasteiger partial charge in [0.05, 0.1) is 6.61 Å². The second-order valence-electron chi connectivity index (χ2n) is 4.62. The fourth-order valence-electron chi connectivity index (χ4n) is 1.75. The van der Waals surface area contributed by atoms with Crippen LogP contribution in [0.1, 0.15) is 36.9 Å². The summed E-state index contributed by atoms with van der Waals surface area (Å²) in [4.78, 5) is 0. The summed E-state index contributed by atoms with van der Waals surface area (Å²) < 4.78 is 41.6. The van der Waals surface area contributed by atoms with Crippen molar-refractivity contribution in [1.29, 1.82) is 0 Å². The number of nitrogens with one attached hydrogen (secondary N) is 1. The van der Waals surface area contributed by atoms with Gasteiger partial charge in [-0.25, -0.2) is 0 Å². The zero-order valence-electron chi connectivity index (χ0n) is 11.5. The van der Waals surface area contributed by atoms with Gasteiger partial charge in [0.1, 0.15) is 5.75 Å². The van der Waals surface area contributed by atoms with Crippen molar-refractivity contribution in [3.05, 3.63) is 29.3 Å². The van der Waals surface area contributed by atoms with Crippen molar-refractivity contribution >= 4 is 0 Å². The maximum atomic E-state index is 12.0. The van der Waals surface area contributed by atoms with Crippen LogP contribution in [0.4, 0.5) is 13.2 Å². The molecule has 0 aliphatic carbocycles. The molecule has 1 atom stereocenters. The van der Waals surface area contributed by atoms with Crippen LogP contribution in [0.5, 0.6) is 5.75 Å². The van der Waals surface area contributed by atoms with Crippen molar-refractivity contribution in [3.8, 4) is 5.75 Å². The third-order valence-corrected chi connectivity index (χ3v) is 2.93. The van der Waals surface area contributed by atoms with Crippen LogP contribution >= 0.6 is 0 Å². The van der Waals surface area contributed by atoms with Crippen molar-refractivity contribution in [2.45, 2.75) is 38.9 Å². The normalized spacial score (nSPS) is 13.4. The van der Waals surface area contributed by atoms with E-state index in [4.69, 9.17) is 4.74 Å². The molecule has 0 saturated heterocycles. The lowest BCUT2D eigenvalue weighted by Gasteiger charge is -2.17. The molecule has 0 heterocycles. The number of hydrogen-bond acceptors (Lipinski definition) is 2. The molecule has 108 valence electrons. The van der Waals surface area contributed by atoms with E-state index in [1.165, 1.54) is 0 Å². The van der Waals surface area contributed by atoms with Crippen LogP contribution in [-0.2, 0) is 0 Å². The van der Waals surface area contributed by atoms with Crippen molar-refractivity contribution < 1.29 is 17.9 Å². The van der Waals surface area contributed by atoms with Gasteiger partial charge in [0.2, 0.25) is 0 Å². The largest absolute Gasteiger partial charge is 0.493 e. The maximum absolute atomic E-state index is 12.0. The summed E-state index contributed by atoms with van der Waals surface area (Å²) in [5.41, 5.74) is 2.06. The smallest absolute Gasteiger partial charge is 0.389 e. The average Bonchev–Trinajstić information content (AvgIpc) is 2.33. The lowest BCUT2D eigenvalue weighted by Crippen LogP contribution is -2.15. The highest BCUT2D eigenvalue weighted by atomic mass is 19.4. The van der Waals surface area contributed by atoms with E-state index in [0.29, 0.717) is 5.75 Å². The molecule has 0 radical (unpaired) electrons. The lowest BCUT2D eigenvalue weighted by molar-refractivity contribution is -0.136. The maximum Gasteiger partial charge on any atom is 0.389 e. The highest BCUT2D eigenvalue weighted by Crippen LogP contribution is 2.27. The molecule has 1 N–H and O–H groups in total. The molecule has 5 heteroatoms. The molecule has 0 aromatic heterocycles. The first-order valence-electron chi connectivity index (χ1n) is 6.31. The summed E-state index contributed by atoms with van der Waals surface area (Å²) in [6.07, 6.45) is -4.95. The molecule has 0 aliphatic heterocycles. The zero-order chi connectivity index (χ0) is 14.5. The number of hydrogen-bond donors (Lipinski definition) is 1. The lowest BCUT2D eigenvalue weighted by atomic mass is 10.0. The minimum absolute atomic E-state index is 0.0231. The molecule has 2 nitrogen and oxygen atoms in total. The third-order valence-electron chi connectivity index (χ3n) is 2.93. The molecular weight excluding hydrogens is 255 g/mol. The van der Waals surface area contributed by atoms with Crippen molar-refractivity contribution in [2.24, 2.45) is 0 Å². The number of halogens is 3. The molecule has 1 aromatic rings. The molecular formula is C14H20F3NO. The van der Waals surface area contributed by atoms with Crippen LogP contribution in [0.2, 0.25) is 0 Å². The number of rotatable bonds is 6. The summed E-state index contributed by atoms with van der Waals surface area (Å²) in [5.74, 6) is 0.648. The van der Waals surface area contributed by atoms with E-state index in [9.17, 15) is 13.2 Å². The minimum Gasteiger partial charge on any atom is -0.493 e. The SMILES string of the molecule is CNC(C)c1cc(C)ccc1OCCCC(F)(F)F. The van der Waals surface area contributed by atoms with E-state index < -0.39 is 12.6 Å². The Balaban J connectivity index is 2.62. The standard InChI is InChI=1S/C14H20F3NO/c1-10-5-6-13(12(9-10)11(2)18-3)19-8-4-7-14(15,16)17/h5-6,9,11,18H,4,7-8H2,1-3H3. The second kappa shape index (κ2) is 6.80. The monoisotopic (exact) mass is 275 g/mol. The summed E-state index contributed by atoms with van der Waals surface area (Å²) in [5, 5.41) is 3.10. The highest BCUT2D eigenvalue weighted by Gasteiger charge is 2.26.